The van der Waals surface area contributed by atoms with Gasteiger partial charge in [0.05, 0.1) is 0 Å². The summed E-state index contributed by atoms with van der Waals surface area (Å²) in [6, 6.07) is -0.772. The highest BCUT2D eigenvalue weighted by atomic mass is 16.4. The van der Waals surface area contributed by atoms with E-state index in [0.29, 0.717) is 41.9 Å². The number of H-pyrrole nitrogens is 1. The zero-order valence-corrected chi connectivity index (χ0v) is 11.8. The summed E-state index contributed by atoms with van der Waals surface area (Å²) in [6.45, 7) is 5.33. The summed E-state index contributed by atoms with van der Waals surface area (Å²) in [5.41, 5.74) is 2.07. The summed E-state index contributed by atoms with van der Waals surface area (Å²) in [4.78, 5) is 39.5. The molecule has 1 aromatic heterocycles. The fraction of sp³-hybridized carbons (Fsp3) is 0.500. The van der Waals surface area contributed by atoms with Crippen molar-refractivity contribution in [3.8, 4) is 0 Å². The minimum absolute atomic E-state index is 0.105. The van der Waals surface area contributed by atoms with Crippen LogP contribution in [0.1, 0.15) is 51.9 Å². The quantitative estimate of drug-likeness (QED) is 0.820. The fourth-order valence-electron chi connectivity index (χ4n) is 2.90. The van der Waals surface area contributed by atoms with Gasteiger partial charge in [-0.05, 0) is 39.2 Å². The summed E-state index contributed by atoms with van der Waals surface area (Å²) in [5.74, 6) is -1.43. The van der Waals surface area contributed by atoms with E-state index < -0.39 is 12.0 Å². The van der Waals surface area contributed by atoms with Crippen molar-refractivity contribution in [2.75, 3.05) is 6.54 Å². The third-order valence-corrected chi connectivity index (χ3v) is 3.80. The number of Topliss-reactive ketones (excluding diaryl/α,β-unsaturated/α-hetero) is 1. The van der Waals surface area contributed by atoms with Gasteiger partial charge < -0.3 is 15.0 Å². The molecule has 1 atom stereocenters. The lowest BCUT2D eigenvalue weighted by molar-refractivity contribution is -0.141. The maximum atomic E-state index is 12.5. The number of likely N-dealkylation sites (tertiary alicyclic amines) is 1. The maximum absolute atomic E-state index is 12.5. The lowest BCUT2D eigenvalue weighted by atomic mass is 10.1. The van der Waals surface area contributed by atoms with Gasteiger partial charge in [0.2, 0.25) is 0 Å². The first-order chi connectivity index (χ1) is 9.34. The topological polar surface area (TPSA) is 90.5 Å². The van der Waals surface area contributed by atoms with Crippen LogP contribution in [0.25, 0.3) is 0 Å². The molecule has 6 nitrogen and oxygen atoms in total. The molecule has 0 saturated carbocycles. The van der Waals surface area contributed by atoms with Crippen molar-refractivity contribution in [3.05, 3.63) is 22.5 Å². The Bertz CT molecular complexity index is 588. The number of carbonyl (C=O) groups excluding carboxylic acids is 2. The molecule has 1 fully saturated rings. The minimum atomic E-state index is -0.983. The number of carboxylic acid groups (broad SMARTS) is 1. The second-order valence-corrected chi connectivity index (χ2v) is 5.18. The molecule has 1 aliphatic heterocycles. The first kappa shape index (κ1) is 14.3. The Morgan fingerprint density at radius 2 is 1.95 bits per heavy atom. The average Bonchev–Trinajstić information content (AvgIpc) is 2.93. The Labute approximate surface area is 116 Å². The Morgan fingerprint density at radius 1 is 1.30 bits per heavy atom. The molecule has 2 heterocycles. The van der Waals surface area contributed by atoms with Crippen LogP contribution in [0, 0.1) is 13.8 Å². The van der Waals surface area contributed by atoms with Crippen molar-refractivity contribution in [3.63, 3.8) is 0 Å². The summed E-state index contributed by atoms with van der Waals surface area (Å²) < 4.78 is 0. The maximum Gasteiger partial charge on any atom is 0.326 e. The van der Waals surface area contributed by atoms with Gasteiger partial charge in [0.25, 0.3) is 5.91 Å². The normalized spacial score (nSPS) is 18.4. The number of aryl methyl sites for hydroxylation is 1. The molecule has 20 heavy (non-hydrogen) atoms. The molecule has 0 spiro atoms. The molecular weight excluding hydrogens is 260 g/mol. The molecule has 108 valence electrons. The molecule has 0 aromatic carbocycles. The second-order valence-electron chi connectivity index (χ2n) is 5.18. The Kier molecular flexibility index (Phi) is 3.65. The van der Waals surface area contributed by atoms with Crippen molar-refractivity contribution < 1.29 is 19.5 Å². The van der Waals surface area contributed by atoms with E-state index in [4.69, 9.17) is 5.11 Å². The summed E-state index contributed by atoms with van der Waals surface area (Å²) in [5, 5.41) is 9.14. The number of aromatic nitrogens is 1. The van der Waals surface area contributed by atoms with Crippen LogP contribution in [0.4, 0.5) is 0 Å². The van der Waals surface area contributed by atoms with Crippen molar-refractivity contribution >= 4 is 17.7 Å². The molecule has 1 aliphatic rings. The van der Waals surface area contributed by atoms with Crippen LogP contribution >= 0.6 is 0 Å². The van der Waals surface area contributed by atoms with Crippen LogP contribution in [0.3, 0.4) is 0 Å². The summed E-state index contributed by atoms with van der Waals surface area (Å²) in [7, 11) is 0. The number of carboxylic acids is 1. The number of rotatable bonds is 3. The Balaban J connectivity index is 2.37. The Morgan fingerprint density at radius 3 is 2.45 bits per heavy atom. The molecule has 0 aliphatic carbocycles. The fourth-order valence-corrected chi connectivity index (χ4v) is 2.90. The van der Waals surface area contributed by atoms with Gasteiger partial charge in [0.15, 0.2) is 5.78 Å². The lowest BCUT2D eigenvalue weighted by Gasteiger charge is -2.21. The predicted molar refractivity (Wildman–Crippen MR) is 72.0 cm³/mol. The number of nitrogens with one attached hydrogen (secondary N) is 1. The van der Waals surface area contributed by atoms with Crippen LogP contribution in [0.15, 0.2) is 0 Å². The highest BCUT2D eigenvalue weighted by molar-refractivity contribution is 6.03. The van der Waals surface area contributed by atoms with E-state index in [9.17, 15) is 14.4 Å². The SMILES string of the molecule is CC(=O)c1c(C)[nH]c(C(=O)N2CCC[C@@H]2C(=O)O)c1C. The van der Waals surface area contributed by atoms with E-state index >= 15 is 0 Å². The first-order valence-corrected chi connectivity index (χ1v) is 6.58. The first-order valence-electron chi connectivity index (χ1n) is 6.58. The van der Waals surface area contributed by atoms with Crippen molar-refractivity contribution in [1.29, 1.82) is 0 Å². The summed E-state index contributed by atoms with van der Waals surface area (Å²) >= 11 is 0. The van der Waals surface area contributed by atoms with Crippen LogP contribution in [0.5, 0.6) is 0 Å². The van der Waals surface area contributed by atoms with Crippen LogP contribution in [-0.2, 0) is 4.79 Å². The van der Waals surface area contributed by atoms with Gasteiger partial charge in [-0.2, -0.15) is 0 Å². The molecule has 0 radical (unpaired) electrons. The molecule has 6 heteroatoms. The monoisotopic (exact) mass is 278 g/mol. The van der Waals surface area contributed by atoms with Gasteiger partial charge >= 0.3 is 5.97 Å². The molecule has 1 amide bonds. The van der Waals surface area contributed by atoms with E-state index in [2.05, 4.69) is 4.98 Å². The molecular formula is C14H18N2O4. The van der Waals surface area contributed by atoms with E-state index in [0.717, 1.165) is 0 Å². The van der Waals surface area contributed by atoms with Crippen molar-refractivity contribution in [2.45, 2.75) is 39.7 Å². The summed E-state index contributed by atoms with van der Waals surface area (Å²) in [6.07, 6.45) is 1.15. The molecule has 0 unspecified atom stereocenters. The van der Waals surface area contributed by atoms with E-state index in [-0.39, 0.29) is 11.7 Å². The van der Waals surface area contributed by atoms with E-state index in [1.54, 1.807) is 13.8 Å². The number of hydrogen-bond acceptors (Lipinski definition) is 3. The third-order valence-electron chi connectivity index (χ3n) is 3.80. The van der Waals surface area contributed by atoms with Crippen LogP contribution in [0.2, 0.25) is 0 Å². The van der Waals surface area contributed by atoms with Crippen LogP contribution < -0.4 is 0 Å². The van der Waals surface area contributed by atoms with Gasteiger partial charge in [0.1, 0.15) is 11.7 Å². The average molecular weight is 278 g/mol. The van der Waals surface area contributed by atoms with E-state index in [1.807, 2.05) is 0 Å². The third kappa shape index (κ3) is 2.21. The van der Waals surface area contributed by atoms with Gasteiger partial charge in [-0.1, -0.05) is 0 Å². The molecule has 1 saturated heterocycles. The number of carbonyl (C=O) groups is 3. The number of amides is 1. The van der Waals surface area contributed by atoms with Gasteiger partial charge in [-0.3, -0.25) is 9.59 Å². The standard InChI is InChI=1S/C14H18N2O4/c1-7-11(9(3)17)8(2)15-12(7)13(18)16-6-4-5-10(16)14(19)20/h10,15H,4-6H2,1-3H3,(H,19,20)/t10-/m1/s1. The highest BCUT2D eigenvalue weighted by Crippen LogP contribution is 2.24. The number of ketones is 1. The van der Waals surface area contributed by atoms with Crippen molar-refractivity contribution in [1.82, 2.24) is 9.88 Å². The molecule has 2 N–H and O–H groups in total. The molecule has 1 aromatic rings. The minimum Gasteiger partial charge on any atom is -0.480 e. The molecule has 2 rings (SSSR count). The van der Waals surface area contributed by atoms with Crippen LogP contribution in [-0.4, -0.2) is 45.2 Å². The van der Waals surface area contributed by atoms with Crippen molar-refractivity contribution in [2.24, 2.45) is 0 Å². The number of hydrogen-bond donors (Lipinski definition) is 2. The lowest BCUT2D eigenvalue weighted by Crippen LogP contribution is -2.40. The number of aromatic amines is 1. The zero-order chi connectivity index (χ0) is 15.0. The second kappa shape index (κ2) is 5.11. The number of aliphatic carboxylic acids is 1. The molecule has 0 bridgehead atoms. The van der Waals surface area contributed by atoms with Gasteiger partial charge in [-0.25, -0.2) is 4.79 Å². The largest absolute Gasteiger partial charge is 0.480 e. The highest BCUT2D eigenvalue weighted by Gasteiger charge is 2.36. The van der Waals surface area contributed by atoms with Gasteiger partial charge in [0, 0.05) is 17.8 Å². The number of nitrogens with zero attached hydrogens (tertiary/aromatic N) is 1. The van der Waals surface area contributed by atoms with Gasteiger partial charge in [-0.15, -0.1) is 0 Å². The smallest absolute Gasteiger partial charge is 0.326 e. The Hall–Kier alpha value is -2.11. The zero-order valence-electron chi connectivity index (χ0n) is 11.8. The van der Waals surface area contributed by atoms with E-state index in [1.165, 1.54) is 11.8 Å². The predicted octanol–water partition coefficient (Wildman–Crippen LogP) is 1.52.